The van der Waals surface area contributed by atoms with Gasteiger partial charge in [-0.3, -0.25) is 4.79 Å². The lowest BCUT2D eigenvalue weighted by Crippen LogP contribution is -2.42. The Bertz CT molecular complexity index is 1260. The van der Waals surface area contributed by atoms with Gasteiger partial charge in [-0.15, -0.1) is 0 Å². The number of rotatable bonds is 7. The number of furan rings is 1. The van der Waals surface area contributed by atoms with Gasteiger partial charge in [0.25, 0.3) is 5.91 Å². The van der Waals surface area contributed by atoms with Crippen LogP contribution in [0.3, 0.4) is 0 Å². The van der Waals surface area contributed by atoms with Crippen molar-refractivity contribution in [2.45, 2.75) is 57.9 Å². The van der Waals surface area contributed by atoms with Crippen LogP contribution in [0.4, 0.5) is 0 Å². The molecular weight excluding hydrogens is 448 g/mol. The normalized spacial score (nSPS) is 20.4. The Labute approximate surface area is 202 Å². The molecule has 0 bridgehead atoms. The number of nitrogens with zero attached hydrogens (tertiary/aromatic N) is 1. The number of fused-ring (bicyclic) bond motifs is 1. The summed E-state index contributed by atoms with van der Waals surface area (Å²) in [6.45, 7) is 9.02. The number of piperidine rings is 1. The van der Waals surface area contributed by atoms with E-state index in [1.165, 1.54) is 5.56 Å². The van der Waals surface area contributed by atoms with Gasteiger partial charge in [0.1, 0.15) is 5.58 Å². The number of nitrogens with one attached hydrogen (secondary N) is 1. The van der Waals surface area contributed by atoms with Crippen LogP contribution in [0.25, 0.3) is 11.0 Å². The van der Waals surface area contributed by atoms with Crippen molar-refractivity contribution >= 4 is 26.9 Å². The summed E-state index contributed by atoms with van der Waals surface area (Å²) in [5.74, 6) is 0.614. The van der Waals surface area contributed by atoms with Gasteiger partial charge >= 0.3 is 0 Å². The number of amides is 1. The van der Waals surface area contributed by atoms with E-state index >= 15 is 0 Å². The van der Waals surface area contributed by atoms with Crippen molar-refractivity contribution in [3.05, 3.63) is 65.4 Å². The molecule has 1 aliphatic rings. The SMILES string of the molecule is Cc1c(C(=O)N[C@H](C)CCc2ccccc2)oc2ccc(S(=O)(=O)N3C[C@H](C)C[C@H](C)C3)cc12. The van der Waals surface area contributed by atoms with Crippen molar-refractivity contribution in [2.24, 2.45) is 11.8 Å². The highest BCUT2D eigenvalue weighted by atomic mass is 32.2. The Morgan fingerprint density at radius 3 is 2.47 bits per heavy atom. The average Bonchev–Trinajstić information content (AvgIpc) is 3.14. The van der Waals surface area contributed by atoms with Crippen molar-refractivity contribution in [1.29, 1.82) is 0 Å². The van der Waals surface area contributed by atoms with Gasteiger partial charge in [-0.1, -0.05) is 44.2 Å². The third kappa shape index (κ3) is 5.20. The number of hydrogen-bond acceptors (Lipinski definition) is 4. The molecule has 0 saturated carbocycles. The molecule has 1 saturated heterocycles. The van der Waals surface area contributed by atoms with Crippen LogP contribution in [-0.4, -0.2) is 37.8 Å². The lowest BCUT2D eigenvalue weighted by atomic mass is 9.94. The molecule has 1 aromatic heterocycles. The zero-order valence-electron chi connectivity index (χ0n) is 20.4. The maximum absolute atomic E-state index is 13.3. The first kappa shape index (κ1) is 24.5. The standard InChI is InChI=1S/C27H34N2O4S/c1-18-14-19(2)17-29(16-18)34(31,32)23-12-13-25-24(15-23)21(4)26(33-25)27(30)28-20(3)10-11-22-8-6-5-7-9-22/h5-9,12-13,15,18-20H,10-11,14,16-17H2,1-4H3,(H,28,30)/t18-,19+,20-/m1/s1. The largest absolute Gasteiger partial charge is 0.451 e. The van der Waals surface area contributed by atoms with Crippen LogP contribution in [-0.2, 0) is 16.4 Å². The first-order valence-electron chi connectivity index (χ1n) is 12.0. The topological polar surface area (TPSA) is 79.6 Å². The predicted molar refractivity (Wildman–Crippen MR) is 134 cm³/mol. The maximum Gasteiger partial charge on any atom is 0.287 e. The van der Waals surface area contributed by atoms with E-state index in [9.17, 15) is 13.2 Å². The van der Waals surface area contributed by atoms with Crippen LogP contribution in [0.5, 0.6) is 0 Å². The van der Waals surface area contributed by atoms with Crippen LogP contribution >= 0.6 is 0 Å². The highest BCUT2D eigenvalue weighted by Crippen LogP contribution is 2.31. The van der Waals surface area contributed by atoms with E-state index in [1.807, 2.05) is 25.1 Å². The zero-order valence-corrected chi connectivity index (χ0v) is 21.2. The molecule has 0 radical (unpaired) electrons. The molecule has 1 amide bonds. The Kier molecular flexibility index (Phi) is 7.14. The summed E-state index contributed by atoms with van der Waals surface area (Å²) in [4.78, 5) is 13.2. The minimum absolute atomic E-state index is 0.0284. The molecule has 2 heterocycles. The molecule has 1 aliphatic heterocycles. The van der Waals surface area contributed by atoms with Gasteiger partial charge < -0.3 is 9.73 Å². The first-order valence-corrected chi connectivity index (χ1v) is 13.5. The second-order valence-electron chi connectivity index (χ2n) is 9.88. The van der Waals surface area contributed by atoms with E-state index < -0.39 is 10.0 Å². The molecule has 182 valence electrons. The fourth-order valence-electron chi connectivity index (χ4n) is 4.92. The minimum atomic E-state index is -3.61. The summed E-state index contributed by atoms with van der Waals surface area (Å²) in [5, 5.41) is 3.67. The molecule has 0 unspecified atom stereocenters. The Morgan fingerprint density at radius 1 is 1.12 bits per heavy atom. The molecule has 1 fully saturated rings. The molecule has 7 heteroatoms. The quantitative estimate of drug-likeness (QED) is 0.505. The molecule has 0 spiro atoms. The van der Waals surface area contributed by atoms with E-state index in [-0.39, 0.29) is 22.6 Å². The van der Waals surface area contributed by atoms with E-state index in [2.05, 4.69) is 31.3 Å². The van der Waals surface area contributed by atoms with Crippen molar-refractivity contribution in [2.75, 3.05) is 13.1 Å². The number of sulfonamides is 1. The summed E-state index contributed by atoms with van der Waals surface area (Å²) in [7, 11) is -3.61. The Hall–Kier alpha value is -2.64. The molecule has 1 N–H and O–H groups in total. The van der Waals surface area contributed by atoms with Crippen LogP contribution in [0, 0.1) is 18.8 Å². The number of benzene rings is 2. The van der Waals surface area contributed by atoms with Crippen LogP contribution < -0.4 is 5.32 Å². The summed E-state index contributed by atoms with van der Waals surface area (Å²) >= 11 is 0. The van der Waals surface area contributed by atoms with Crippen molar-refractivity contribution in [3.8, 4) is 0 Å². The van der Waals surface area contributed by atoms with Gasteiger partial charge in [-0.2, -0.15) is 4.31 Å². The maximum atomic E-state index is 13.3. The number of aryl methyl sites for hydroxylation is 2. The lowest BCUT2D eigenvalue weighted by molar-refractivity contribution is 0.0911. The summed E-state index contributed by atoms with van der Waals surface area (Å²) in [6.07, 6.45) is 2.72. The van der Waals surface area contributed by atoms with Gasteiger partial charge in [0.2, 0.25) is 10.0 Å². The highest BCUT2D eigenvalue weighted by molar-refractivity contribution is 7.89. The average molecular weight is 483 g/mol. The molecule has 0 aliphatic carbocycles. The second-order valence-corrected chi connectivity index (χ2v) is 11.8. The van der Waals surface area contributed by atoms with Crippen molar-refractivity contribution in [1.82, 2.24) is 9.62 Å². The first-order chi connectivity index (χ1) is 16.1. The fraction of sp³-hybridized carbons (Fsp3) is 0.444. The van der Waals surface area contributed by atoms with E-state index in [0.717, 1.165) is 19.3 Å². The Morgan fingerprint density at radius 2 is 1.79 bits per heavy atom. The monoisotopic (exact) mass is 482 g/mol. The third-order valence-electron chi connectivity index (χ3n) is 6.67. The van der Waals surface area contributed by atoms with Crippen molar-refractivity contribution in [3.63, 3.8) is 0 Å². The number of carbonyl (C=O) groups is 1. The summed E-state index contributed by atoms with van der Waals surface area (Å²) in [5.41, 5.74) is 2.40. The lowest BCUT2D eigenvalue weighted by Gasteiger charge is -2.34. The molecule has 3 aromatic rings. The molecule has 34 heavy (non-hydrogen) atoms. The van der Waals surface area contributed by atoms with Crippen LogP contribution in [0.2, 0.25) is 0 Å². The third-order valence-corrected chi connectivity index (χ3v) is 8.50. The van der Waals surface area contributed by atoms with Crippen LogP contribution in [0.15, 0.2) is 57.8 Å². The fourth-order valence-corrected chi connectivity index (χ4v) is 6.62. The molecule has 6 nitrogen and oxygen atoms in total. The molecule has 3 atom stereocenters. The summed E-state index contributed by atoms with van der Waals surface area (Å²) in [6, 6.07) is 15.0. The highest BCUT2D eigenvalue weighted by Gasteiger charge is 2.32. The molecule has 4 rings (SSSR count). The number of hydrogen-bond donors (Lipinski definition) is 1. The van der Waals surface area contributed by atoms with Gasteiger partial charge in [-0.05, 0) is 68.7 Å². The van der Waals surface area contributed by atoms with Gasteiger partial charge in [0.15, 0.2) is 5.76 Å². The van der Waals surface area contributed by atoms with E-state index in [0.29, 0.717) is 41.5 Å². The predicted octanol–water partition coefficient (Wildman–Crippen LogP) is 5.16. The zero-order chi connectivity index (χ0) is 24.5. The molecule has 2 aromatic carbocycles. The van der Waals surface area contributed by atoms with Gasteiger partial charge in [0, 0.05) is 30.1 Å². The van der Waals surface area contributed by atoms with E-state index in [4.69, 9.17) is 4.42 Å². The smallest absolute Gasteiger partial charge is 0.287 e. The van der Waals surface area contributed by atoms with Crippen LogP contribution in [0.1, 0.15) is 55.3 Å². The number of carbonyl (C=O) groups excluding carboxylic acids is 1. The second kappa shape index (κ2) is 9.92. The van der Waals surface area contributed by atoms with Gasteiger partial charge in [0.05, 0.1) is 4.90 Å². The summed E-state index contributed by atoms with van der Waals surface area (Å²) < 4.78 is 34.1. The Balaban J connectivity index is 1.51. The minimum Gasteiger partial charge on any atom is -0.451 e. The molecular formula is C27H34N2O4S. The van der Waals surface area contributed by atoms with E-state index in [1.54, 1.807) is 29.4 Å². The van der Waals surface area contributed by atoms with Crippen molar-refractivity contribution < 1.29 is 17.6 Å². The van der Waals surface area contributed by atoms with Gasteiger partial charge in [-0.25, -0.2) is 8.42 Å².